The number of aromatic nitrogens is 1. The third-order valence-electron chi connectivity index (χ3n) is 6.46. The van der Waals surface area contributed by atoms with Crippen LogP contribution in [0, 0.1) is 11.3 Å². The van der Waals surface area contributed by atoms with Gasteiger partial charge in [0.15, 0.2) is 5.58 Å². The number of nitrogens with zero attached hydrogens (tertiary/aromatic N) is 2. The standard InChI is InChI=1S/C25H25N4O5S2Si/c1-29-17-7-14(3-4-18(17)34-24(29)31)20-10-22-21(36-20)9-16(35-22)8-15(11-26)28-23(30)19-12-27-13-25(37,32-2)5-6-33-19/h3-4,7,9-10,15,19,27H,5-6,8,12-13H2,1-2H3,(H,28,30)/t15-,19+,25+/m1/s1. The first-order valence-corrected chi connectivity index (χ1v) is 13.9. The number of benzene rings is 1. The summed E-state index contributed by atoms with van der Waals surface area (Å²) in [4.78, 5) is 26.7. The van der Waals surface area contributed by atoms with Crippen LogP contribution in [0.15, 0.2) is 39.5 Å². The van der Waals surface area contributed by atoms with Gasteiger partial charge in [0.2, 0.25) is 0 Å². The molecule has 1 saturated heterocycles. The molecule has 1 fully saturated rings. The molecule has 3 radical (unpaired) electrons. The van der Waals surface area contributed by atoms with Gasteiger partial charge < -0.3 is 24.5 Å². The van der Waals surface area contributed by atoms with E-state index in [-0.39, 0.29) is 11.7 Å². The molecule has 0 unspecified atom stereocenters. The number of methoxy groups -OCH3 is 1. The van der Waals surface area contributed by atoms with Gasteiger partial charge in [-0.1, -0.05) is 0 Å². The Morgan fingerprint density at radius 3 is 2.95 bits per heavy atom. The molecule has 0 spiro atoms. The van der Waals surface area contributed by atoms with Crippen LogP contribution >= 0.6 is 22.7 Å². The lowest BCUT2D eigenvalue weighted by Crippen LogP contribution is -2.53. The number of hydrogen-bond acceptors (Lipinski definition) is 9. The minimum Gasteiger partial charge on any atom is -0.408 e. The van der Waals surface area contributed by atoms with Crippen molar-refractivity contribution in [3.8, 4) is 16.5 Å². The molecule has 0 aliphatic carbocycles. The number of fused-ring (bicyclic) bond motifs is 2. The Morgan fingerprint density at radius 1 is 1.38 bits per heavy atom. The minimum atomic E-state index is -0.676. The fourth-order valence-corrected chi connectivity index (χ4v) is 6.96. The van der Waals surface area contributed by atoms with E-state index < -0.39 is 17.4 Å². The highest BCUT2D eigenvalue weighted by Crippen LogP contribution is 2.39. The van der Waals surface area contributed by atoms with Crippen LogP contribution in [-0.4, -0.2) is 64.9 Å². The molecule has 4 aromatic rings. The lowest BCUT2D eigenvalue weighted by atomic mass is 10.1. The van der Waals surface area contributed by atoms with Gasteiger partial charge in [-0.25, -0.2) is 4.79 Å². The van der Waals surface area contributed by atoms with Gasteiger partial charge >= 0.3 is 5.76 Å². The summed E-state index contributed by atoms with van der Waals surface area (Å²) in [6, 6.07) is 11.5. The summed E-state index contributed by atoms with van der Waals surface area (Å²) >= 11 is 3.26. The number of thiophene rings is 2. The maximum absolute atomic E-state index is 12.8. The molecular formula is C25H25N4O5S2Si. The number of aryl methyl sites for hydroxylation is 1. The second-order valence-electron chi connectivity index (χ2n) is 8.99. The SMILES string of the molecule is CO[C@]1([Si])CCO[C@H](C(=O)N[C@@H](C#N)Cc2cc3sc(-c4ccc5oc(=O)n(C)c5c4)cc3s2)CNC1. The molecule has 3 aromatic heterocycles. The van der Waals surface area contributed by atoms with Crippen molar-refractivity contribution in [1.29, 1.82) is 5.26 Å². The van der Waals surface area contributed by atoms with Crippen LogP contribution in [0.3, 0.4) is 0 Å². The first kappa shape index (κ1) is 25.8. The molecule has 1 aliphatic heterocycles. The Morgan fingerprint density at radius 2 is 2.19 bits per heavy atom. The topological polar surface area (TPSA) is 119 Å². The Balaban J connectivity index is 1.24. The Labute approximate surface area is 224 Å². The van der Waals surface area contributed by atoms with Crippen molar-refractivity contribution < 1.29 is 18.7 Å². The van der Waals surface area contributed by atoms with E-state index >= 15 is 0 Å². The van der Waals surface area contributed by atoms with Crippen LogP contribution in [0.5, 0.6) is 0 Å². The van der Waals surface area contributed by atoms with Crippen molar-refractivity contribution in [3.63, 3.8) is 0 Å². The van der Waals surface area contributed by atoms with Gasteiger partial charge in [0, 0.05) is 52.8 Å². The fourth-order valence-electron chi connectivity index (χ4n) is 4.26. The molecule has 191 valence electrons. The number of rotatable bonds is 6. The minimum absolute atomic E-state index is 0.303. The molecule has 3 atom stereocenters. The summed E-state index contributed by atoms with van der Waals surface area (Å²) in [6.45, 7) is 1.23. The summed E-state index contributed by atoms with van der Waals surface area (Å²) in [7, 11) is 6.92. The van der Waals surface area contributed by atoms with Gasteiger partial charge in [-0.15, -0.1) is 22.7 Å². The number of nitriles is 1. The molecule has 5 rings (SSSR count). The van der Waals surface area contributed by atoms with E-state index in [4.69, 9.17) is 13.9 Å². The molecule has 1 amide bonds. The summed E-state index contributed by atoms with van der Waals surface area (Å²) in [5.41, 5.74) is 2.32. The maximum atomic E-state index is 12.8. The molecule has 0 bridgehead atoms. The fraction of sp³-hybridized carbons (Fsp3) is 0.400. The molecule has 1 aromatic carbocycles. The lowest BCUT2D eigenvalue weighted by molar-refractivity contribution is -0.134. The van der Waals surface area contributed by atoms with Crippen LogP contribution in [0.1, 0.15) is 11.3 Å². The third kappa shape index (κ3) is 5.43. The van der Waals surface area contributed by atoms with Crippen LogP contribution in [-0.2, 0) is 27.7 Å². The summed E-state index contributed by atoms with van der Waals surface area (Å²) in [5.74, 6) is -0.685. The monoisotopic (exact) mass is 553 g/mol. The Hall–Kier alpha value is -2.79. The number of carbonyl (C=O) groups is 1. The molecule has 9 nitrogen and oxygen atoms in total. The van der Waals surface area contributed by atoms with Crippen molar-refractivity contribution in [2.75, 3.05) is 26.8 Å². The van der Waals surface area contributed by atoms with Crippen molar-refractivity contribution >= 4 is 59.3 Å². The first-order chi connectivity index (χ1) is 17.8. The average Bonchev–Trinajstić information content (AvgIpc) is 3.52. The highest BCUT2D eigenvalue weighted by atomic mass is 32.1. The van der Waals surface area contributed by atoms with Gasteiger partial charge in [-0.2, -0.15) is 5.26 Å². The highest BCUT2D eigenvalue weighted by molar-refractivity contribution is 7.29. The van der Waals surface area contributed by atoms with E-state index in [2.05, 4.69) is 39.1 Å². The zero-order chi connectivity index (χ0) is 26.2. The maximum Gasteiger partial charge on any atom is 0.419 e. The van der Waals surface area contributed by atoms with Crippen molar-refractivity contribution in [3.05, 3.63) is 45.8 Å². The van der Waals surface area contributed by atoms with E-state index in [9.17, 15) is 14.9 Å². The first-order valence-electron chi connectivity index (χ1n) is 11.7. The van der Waals surface area contributed by atoms with Crippen molar-refractivity contribution in [1.82, 2.24) is 15.2 Å². The number of ether oxygens (including phenoxy) is 2. The van der Waals surface area contributed by atoms with Crippen LogP contribution < -0.4 is 16.4 Å². The van der Waals surface area contributed by atoms with Gasteiger partial charge in [0.25, 0.3) is 5.91 Å². The van der Waals surface area contributed by atoms with E-state index in [1.807, 2.05) is 18.2 Å². The number of amides is 1. The third-order valence-corrected chi connectivity index (χ3v) is 9.46. The summed E-state index contributed by atoms with van der Waals surface area (Å²) in [6.07, 6.45) is 0.326. The number of oxazole rings is 1. The predicted octanol–water partition coefficient (Wildman–Crippen LogP) is 2.52. The largest absolute Gasteiger partial charge is 0.419 e. The van der Waals surface area contributed by atoms with Crippen molar-refractivity contribution in [2.45, 2.75) is 30.2 Å². The van der Waals surface area contributed by atoms with Gasteiger partial charge in [0.1, 0.15) is 12.1 Å². The Bertz CT molecular complexity index is 1510. The molecular weight excluding hydrogens is 529 g/mol. The molecule has 0 saturated carbocycles. The number of nitrogens with one attached hydrogen (secondary N) is 2. The highest BCUT2D eigenvalue weighted by Gasteiger charge is 2.30. The molecule has 37 heavy (non-hydrogen) atoms. The Kier molecular flexibility index (Phi) is 7.35. The smallest absolute Gasteiger partial charge is 0.408 e. The van der Waals surface area contributed by atoms with E-state index in [1.165, 1.54) is 4.57 Å². The predicted molar refractivity (Wildman–Crippen MR) is 144 cm³/mol. The van der Waals surface area contributed by atoms with Gasteiger partial charge in [0.05, 0.1) is 33.7 Å². The summed E-state index contributed by atoms with van der Waals surface area (Å²) < 4.78 is 20.1. The second kappa shape index (κ2) is 10.5. The van der Waals surface area contributed by atoms with Gasteiger partial charge in [-0.05, 0) is 42.3 Å². The molecule has 1 aliphatic rings. The van der Waals surface area contributed by atoms with E-state index in [0.717, 1.165) is 30.2 Å². The zero-order valence-electron chi connectivity index (χ0n) is 20.3. The van der Waals surface area contributed by atoms with Crippen LogP contribution in [0.25, 0.3) is 30.9 Å². The number of hydrogen-bond donors (Lipinski definition) is 2. The molecule has 12 heteroatoms. The van der Waals surface area contributed by atoms with Gasteiger partial charge in [-0.3, -0.25) is 9.36 Å². The summed E-state index contributed by atoms with van der Waals surface area (Å²) in [5, 5.41) is 15.2. The quantitative estimate of drug-likeness (QED) is 0.352. The second-order valence-corrected chi connectivity index (χ2v) is 12.2. The number of carbonyl (C=O) groups excluding carboxylic acids is 1. The molecule has 2 N–H and O–H groups in total. The van der Waals surface area contributed by atoms with E-state index in [0.29, 0.717) is 38.1 Å². The average molecular weight is 554 g/mol. The molecule has 4 heterocycles. The van der Waals surface area contributed by atoms with Crippen molar-refractivity contribution in [2.24, 2.45) is 7.05 Å². The lowest BCUT2D eigenvalue weighted by Gasteiger charge is -2.32. The zero-order valence-corrected chi connectivity index (χ0v) is 23.0. The van der Waals surface area contributed by atoms with E-state index in [1.54, 1.807) is 36.8 Å². The van der Waals surface area contributed by atoms with Crippen LogP contribution in [0.2, 0.25) is 0 Å². The van der Waals surface area contributed by atoms with Crippen LogP contribution in [0.4, 0.5) is 0 Å². The normalized spacial score (nSPS) is 21.4.